The molecule has 4 aromatic carbocycles. The fourth-order valence-corrected chi connectivity index (χ4v) is 3.93. The van der Waals surface area contributed by atoms with Crippen molar-refractivity contribution in [1.29, 1.82) is 0 Å². The van der Waals surface area contributed by atoms with E-state index >= 15 is 0 Å². The Morgan fingerprint density at radius 2 is 1.08 bits per heavy atom. The van der Waals surface area contributed by atoms with Crippen LogP contribution in [-0.2, 0) is 28.7 Å². The van der Waals surface area contributed by atoms with Crippen LogP contribution in [0.15, 0.2) is 72.8 Å². The number of anilines is 3. The Morgan fingerprint density at radius 3 is 1.50 bits per heavy atom. The van der Waals surface area contributed by atoms with Gasteiger partial charge in [0.15, 0.2) is 47.8 Å². The molecule has 4 N–H and O–H groups in total. The molecule has 0 fully saturated rings. The zero-order valence-electron chi connectivity index (χ0n) is 28.0. The number of carbonyl (C=O) groups excluding carboxylic acids is 4. The van der Waals surface area contributed by atoms with Crippen LogP contribution in [0.3, 0.4) is 0 Å². The van der Waals surface area contributed by atoms with Crippen LogP contribution in [-0.4, -0.2) is 56.1 Å². The molecule has 0 unspecified atom stereocenters. The van der Waals surface area contributed by atoms with Crippen molar-refractivity contribution in [2.75, 3.05) is 43.8 Å². The maximum Gasteiger partial charge on any atom is 0.343 e. The van der Waals surface area contributed by atoms with E-state index in [1.54, 1.807) is 36.4 Å². The standard InChI is InChI=1S/C17H15FN2O7.C17H17FN2O5/c1-10(21)19-12-8-16(13(20(23)24)7-11(12)18)27-15-6-4-3-5-14(15)26-9-17(22)25-2;1-10(21)20-13-8-16(12(19)7-11(13)18)25-15-6-4-3-5-14(15)24-9-17(22)23-2/h3-8H,9H2,1-2H3,(H,19,21);3-8H,9,19H2,1-2H3,(H,20,21). The summed E-state index contributed by atoms with van der Waals surface area (Å²) < 4.78 is 58.6. The SMILES string of the molecule is COC(=O)COc1ccccc1Oc1cc(NC(C)=O)c(F)cc1N.COC(=O)COc1ccccc1Oc1cc(NC(C)=O)c(F)cc1[N+](=O)[O-]. The molecule has 0 aliphatic rings. The highest BCUT2D eigenvalue weighted by molar-refractivity contribution is 5.90. The molecule has 274 valence electrons. The average Bonchev–Trinajstić information content (AvgIpc) is 3.10. The van der Waals surface area contributed by atoms with Crippen molar-refractivity contribution in [3.63, 3.8) is 0 Å². The van der Waals surface area contributed by atoms with Crippen molar-refractivity contribution in [1.82, 2.24) is 0 Å². The van der Waals surface area contributed by atoms with Gasteiger partial charge in [-0.3, -0.25) is 19.7 Å². The summed E-state index contributed by atoms with van der Waals surface area (Å²) >= 11 is 0. The van der Waals surface area contributed by atoms with Crippen LogP contribution in [0.25, 0.3) is 0 Å². The van der Waals surface area contributed by atoms with Crippen LogP contribution in [0.2, 0.25) is 0 Å². The molecular formula is C34H32F2N4O12. The summed E-state index contributed by atoms with van der Waals surface area (Å²) in [6, 6.07) is 16.6. The van der Waals surface area contributed by atoms with Gasteiger partial charge in [0.1, 0.15) is 5.82 Å². The summed E-state index contributed by atoms with van der Waals surface area (Å²) in [5.74, 6) is -3.35. The van der Waals surface area contributed by atoms with Gasteiger partial charge in [-0.05, 0) is 24.3 Å². The van der Waals surface area contributed by atoms with Gasteiger partial charge in [0.25, 0.3) is 0 Å². The van der Waals surface area contributed by atoms with Gasteiger partial charge in [0.05, 0.1) is 42.3 Å². The summed E-state index contributed by atoms with van der Waals surface area (Å²) in [6.07, 6.45) is 0. The molecule has 0 aromatic heterocycles. The zero-order valence-corrected chi connectivity index (χ0v) is 28.0. The number of nitrogens with two attached hydrogens (primary N) is 1. The average molecular weight is 727 g/mol. The van der Waals surface area contributed by atoms with Crippen LogP contribution >= 0.6 is 0 Å². The molecule has 0 bridgehead atoms. The molecule has 0 aliphatic carbocycles. The quantitative estimate of drug-likeness (QED) is 0.0648. The number of nitro benzene ring substituents is 1. The molecule has 0 spiro atoms. The third-order valence-electron chi connectivity index (χ3n) is 6.25. The molecule has 2 amide bonds. The highest BCUT2D eigenvalue weighted by Crippen LogP contribution is 2.39. The number of rotatable bonds is 13. The summed E-state index contributed by atoms with van der Waals surface area (Å²) in [5.41, 5.74) is 4.81. The number of carbonyl (C=O) groups is 4. The minimum Gasteiger partial charge on any atom is -0.478 e. The van der Waals surface area contributed by atoms with Crippen LogP contribution in [0.1, 0.15) is 13.8 Å². The van der Waals surface area contributed by atoms with E-state index in [0.29, 0.717) is 6.07 Å². The third-order valence-corrected chi connectivity index (χ3v) is 6.25. The van der Waals surface area contributed by atoms with Crippen molar-refractivity contribution in [3.8, 4) is 34.5 Å². The Hall–Kier alpha value is -6.98. The van der Waals surface area contributed by atoms with Crippen molar-refractivity contribution in [2.45, 2.75) is 13.8 Å². The highest BCUT2D eigenvalue weighted by Gasteiger charge is 2.22. The summed E-state index contributed by atoms with van der Waals surface area (Å²) in [5, 5.41) is 15.8. The van der Waals surface area contributed by atoms with E-state index in [2.05, 4.69) is 20.1 Å². The van der Waals surface area contributed by atoms with Crippen LogP contribution in [0.5, 0.6) is 34.5 Å². The Bertz CT molecular complexity index is 1960. The predicted molar refractivity (Wildman–Crippen MR) is 181 cm³/mol. The molecule has 0 heterocycles. The number of para-hydroxylation sites is 4. The molecule has 4 aromatic rings. The molecule has 16 nitrogen and oxygen atoms in total. The Labute approximate surface area is 294 Å². The number of halogens is 2. The first kappa shape index (κ1) is 39.5. The second-order valence-corrected chi connectivity index (χ2v) is 10.1. The lowest BCUT2D eigenvalue weighted by molar-refractivity contribution is -0.385. The molecule has 0 atom stereocenters. The smallest absolute Gasteiger partial charge is 0.343 e. The zero-order chi connectivity index (χ0) is 38.4. The molecule has 0 aliphatic heterocycles. The molecule has 0 saturated carbocycles. The molecule has 0 saturated heterocycles. The number of benzene rings is 4. The van der Waals surface area contributed by atoms with E-state index in [1.807, 2.05) is 0 Å². The molecule has 52 heavy (non-hydrogen) atoms. The van der Waals surface area contributed by atoms with E-state index in [9.17, 15) is 38.1 Å². The van der Waals surface area contributed by atoms with Crippen molar-refractivity contribution >= 4 is 46.5 Å². The number of hydrogen-bond acceptors (Lipinski definition) is 13. The van der Waals surface area contributed by atoms with Crippen LogP contribution in [0, 0.1) is 21.7 Å². The lowest BCUT2D eigenvalue weighted by atomic mass is 10.2. The monoisotopic (exact) mass is 726 g/mol. The first-order valence-corrected chi connectivity index (χ1v) is 14.8. The lowest BCUT2D eigenvalue weighted by Crippen LogP contribution is -2.13. The van der Waals surface area contributed by atoms with E-state index in [-0.39, 0.29) is 58.2 Å². The van der Waals surface area contributed by atoms with Gasteiger partial charge < -0.3 is 44.8 Å². The van der Waals surface area contributed by atoms with E-state index in [0.717, 1.165) is 19.1 Å². The maximum atomic E-state index is 14.0. The molecule has 0 radical (unpaired) electrons. The van der Waals surface area contributed by atoms with Crippen molar-refractivity contribution in [3.05, 3.63) is 94.5 Å². The van der Waals surface area contributed by atoms with Crippen LogP contribution < -0.4 is 35.3 Å². The second-order valence-electron chi connectivity index (χ2n) is 10.1. The summed E-state index contributed by atoms with van der Waals surface area (Å²) in [7, 11) is 2.44. The normalized spacial score (nSPS) is 10.0. The van der Waals surface area contributed by atoms with Gasteiger partial charge in [0.2, 0.25) is 17.6 Å². The van der Waals surface area contributed by atoms with E-state index < -0.39 is 52.6 Å². The largest absolute Gasteiger partial charge is 0.478 e. The van der Waals surface area contributed by atoms with Gasteiger partial charge in [-0.1, -0.05) is 24.3 Å². The fraction of sp³-hybridized carbons (Fsp3) is 0.176. The van der Waals surface area contributed by atoms with Crippen LogP contribution in [0.4, 0.5) is 31.5 Å². The second kappa shape index (κ2) is 18.7. The summed E-state index contributed by atoms with van der Waals surface area (Å²) in [4.78, 5) is 55.1. The van der Waals surface area contributed by atoms with E-state index in [1.165, 1.54) is 39.3 Å². The topological polar surface area (TPSA) is 217 Å². The fourth-order valence-electron chi connectivity index (χ4n) is 3.93. The first-order chi connectivity index (χ1) is 24.7. The minimum atomic E-state index is -0.987. The van der Waals surface area contributed by atoms with Gasteiger partial charge in [-0.15, -0.1) is 0 Å². The Morgan fingerprint density at radius 1 is 0.673 bits per heavy atom. The number of nitrogen functional groups attached to an aromatic ring is 1. The van der Waals surface area contributed by atoms with Crippen molar-refractivity contribution < 1.29 is 61.3 Å². The number of nitrogens with one attached hydrogen (secondary N) is 2. The number of nitrogens with zero attached hydrogens (tertiary/aromatic N) is 1. The third kappa shape index (κ3) is 11.6. The molecular weight excluding hydrogens is 694 g/mol. The lowest BCUT2D eigenvalue weighted by Gasteiger charge is -2.14. The number of nitro groups is 1. The predicted octanol–water partition coefficient (Wildman–Crippen LogP) is 5.75. The minimum absolute atomic E-state index is 0.0365. The van der Waals surface area contributed by atoms with Gasteiger partial charge in [-0.25, -0.2) is 18.4 Å². The van der Waals surface area contributed by atoms with Gasteiger partial charge >= 0.3 is 17.6 Å². The van der Waals surface area contributed by atoms with Gasteiger partial charge in [0, 0.05) is 32.0 Å². The number of methoxy groups -OCH3 is 2. The maximum absolute atomic E-state index is 14.0. The number of esters is 2. The molecule has 4 rings (SSSR count). The molecule has 18 heteroatoms. The number of hydrogen-bond donors (Lipinski definition) is 3. The number of ether oxygens (including phenoxy) is 6. The van der Waals surface area contributed by atoms with Gasteiger partial charge in [-0.2, -0.15) is 0 Å². The van der Waals surface area contributed by atoms with E-state index in [4.69, 9.17) is 24.7 Å². The Kier molecular flexibility index (Phi) is 14.2. The first-order valence-electron chi connectivity index (χ1n) is 14.8. The summed E-state index contributed by atoms with van der Waals surface area (Å²) in [6.45, 7) is 1.72. The van der Waals surface area contributed by atoms with Crippen molar-refractivity contribution in [2.24, 2.45) is 0 Å². The highest BCUT2D eigenvalue weighted by atomic mass is 19.1. The Balaban J connectivity index is 0.000000281. The number of amides is 2.